The van der Waals surface area contributed by atoms with Crippen LogP contribution >= 0.6 is 15.9 Å². The van der Waals surface area contributed by atoms with Gasteiger partial charge >= 0.3 is 0 Å². The third kappa shape index (κ3) is 2.78. The highest BCUT2D eigenvalue weighted by Gasteiger charge is 2.29. The first-order valence-electron chi connectivity index (χ1n) is 6.74. The summed E-state index contributed by atoms with van der Waals surface area (Å²) in [7, 11) is 0. The normalized spacial score (nSPS) is 17.1. The number of halogens is 1. The van der Waals surface area contributed by atoms with Gasteiger partial charge in [0, 0.05) is 16.0 Å². The minimum Gasteiger partial charge on any atom is -0.494 e. The van der Waals surface area contributed by atoms with E-state index in [0.717, 1.165) is 28.6 Å². The molecule has 0 bridgehead atoms. The van der Waals surface area contributed by atoms with Gasteiger partial charge in [0.25, 0.3) is 0 Å². The number of hydrogen-bond donors (Lipinski definition) is 0. The molecule has 1 aliphatic carbocycles. The first-order valence-corrected chi connectivity index (χ1v) is 7.54. The summed E-state index contributed by atoms with van der Waals surface area (Å²) in [5.41, 5.74) is 2.06. The van der Waals surface area contributed by atoms with Crippen LogP contribution in [-0.4, -0.2) is 12.4 Å². The van der Waals surface area contributed by atoms with Gasteiger partial charge in [-0.1, -0.05) is 46.3 Å². The Morgan fingerprint density at radius 1 is 1.15 bits per heavy atom. The molecule has 0 heterocycles. The quantitative estimate of drug-likeness (QED) is 0.836. The van der Waals surface area contributed by atoms with Crippen molar-refractivity contribution in [1.29, 1.82) is 0 Å². The maximum Gasteiger partial charge on any atom is 0.166 e. The molecule has 0 amide bonds. The Labute approximate surface area is 126 Å². The number of hydrogen-bond acceptors (Lipinski definition) is 2. The topological polar surface area (TPSA) is 26.3 Å². The van der Waals surface area contributed by atoms with Gasteiger partial charge in [0.1, 0.15) is 5.75 Å². The van der Waals surface area contributed by atoms with Crippen molar-refractivity contribution in [2.45, 2.75) is 12.8 Å². The van der Waals surface area contributed by atoms with Crippen LogP contribution in [0.4, 0.5) is 0 Å². The Kier molecular flexibility index (Phi) is 3.88. The third-order valence-electron chi connectivity index (χ3n) is 3.65. The van der Waals surface area contributed by atoms with Crippen LogP contribution in [0.2, 0.25) is 0 Å². The van der Waals surface area contributed by atoms with Gasteiger partial charge in [-0.2, -0.15) is 0 Å². The van der Waals surface area contributed by atoms with E-state index in [9.17, 15) is 4.79 Å². The molecular formula is C17H15BrO2. The van der Waals surface area contributed by atoms with E-state index in [2.05, 4.69) is 15.9 Å². The molecule has 0 saturated heterocycles. The summed E-state index contributed by atoms with van der Waals surface area (Å²) in [6, 6.07) is 15.7. The molecule has 0 radical (unpaired) electrons. The van der Waals surface area contributed by atoms with Crippen molar-refractivity contribution in [2.75, 3.05) is 6.61 Å². The molecule has 0 spiro atoms. The van der Waals surface area contributed by atoms with Crippen LogP contribution < -0.4 is 4.74 Å². The number of Topliss-reactive ketones (excluding diaryl/α,β-unsaturated/α-hetero) is 1. The standard InChI is InChI=1S/C17H15BrO2/c18-14-5-3-6-15(11-14)20-9-8-13-10-12-4-1-2-7-16(12)17(13)19/h1-7,11,13H,8-10H2. The largest absolute Gasteiger partial charge is 0.494 e. The summed E-state index contributed by atoms with van der Waals surface area (Å²) >= 11 is 3.42. The summed E-state index contributed by atoms with van der Waals surface area (Å²) in [6.07, 6.45) is 1.61. The van der Waals surface area contributed by atoms with E-state index in [1.165, 1.54) is 5.56 Å². The minimum absolute atomic E-state index is 0.0690. The summed E-state index contributed by atoms with van der Waals surface area (Å²) in [4.78, 5) is 12.2. The van der Waals surface area contributed by atoms with Gasteiger partial charge in [-0.25, -0.2) is 0 Å². The van der Waals surface area contributed by atoms with E-state index in [1.807, 2.05) is 48.5 Å². The molecule has 1 aliphatic rings. The fourth-order valence-corrected chi connectivity index (χ4v) is 3.00. The molecule has 0 aliphatic heterocycles. The number of rotatable bonds is 4. The molecule has 0 aromatic heterocycles. The highest BCUT2D eigenvalue weighted by Crippen LogP contribution is 2.28. The number of carbonyl (C=O) groups is 1. The van der Waals surface area contributed by atoms with E-state index in [1.54, 1.807) is 0 Å². The van der Waals surface area contributed by atoms with Gasteiger partial charge in [-0.3, -0.25) is 4.79 Å². The summed E-state index contributed by atoms with van der Waals surface area (Å²) in [5, 5.41) is 0. The maximum atomic E-state index is 12.2. The molecule has 2 nitrogen and oxygen atoms in total. The highest BCUT2D eigenvalue weighted by atomic mass is 79.9. The third-order valence-corrected chi connectivity index (χ3v) is 4.14. The van der Waals surface area contributed by atoms with E-state index < -0.39 is 0 Å². The predicted molar refractivity (Wildman–Crippen MR) is 82.2 cm³/mol. The molecule has 1 atom stereocenters. The van der Waals surface area contributed by atoms with Crippen molar-refractivity contribution in [2.24, 2.45) is 5.92 Å². The first kappa shape index (κ1) is 13.4. The molecular weight excluding hydrogens is 316 g/mol. The number of carbonyl (C=O) groups excluding carboxylic acids is 1. The van der Waals surface area contributed by atoms with Crippen molar-refractivity contribution in [1.82, 2.24) is 0 Å². The molecule has 0 fully saturated rings. The lowest BCUT2D eigenvalue weighted by Crippen LogP contribution is -2.13. The van der Waals surface area contributed by atoms with Crippen LogP contribution in [0.25, 0.3) is 0 Å². The molecule has 1 unspecified atom stereocenters. The zero-order valence-electron chi connectivity index (χ0n) is 11.0. The smallest absolute Gasteiger partial charge is 0.166 e. The molecule has 3 heteroatoms. The molecule has 0 N–H and O–H groups in total. The van der Waals surface area contributed by atoms with Gasteiger partial charge in [0.15, 0.2) is 5.78 Å². The van der Waals surface area contributed by atoms with Crippen LogP contribution in [0, 0.1) is 5.92 Å². The number of ketones is 1. The van der Waals surface area contributed by atoms with Gasteiger partial charge in [-0.15, -0.1) is 0 Å². The fraction of sp³-hybridized carbons (Fsp3) is 0.235. The van der Waals surface area contributed by atoms with E-state index in [0.29, 0.717) is 6.61 Å². The maximum absolute atomic E-state index is 12.2. The number of benzene rings is 2. The average molecular weight is 331 g/mol. The molecule has 0 saturated carbocycles. The predicted octanol–water partition coefficient (Wildman–Crippen LogP) is 4.27. The van der Waals surface area contributed by atoms with Crippen molar-refractivity contribution in [3.8, 4) is 5.75 Å². The van der Waals surface area contributed by atoms with Crippen LogP contribution in [0.3, 0.4) is 0 Å². The minimum atomic E-state index is 0.0690. The van der Waals surface area contributed by atoms with Crippen LogP contribution in [0.5, 0.6) is 5.75 Å². The van der Waals surface area contributed by atoms with Crippen molar-refractivity contribution >= 4 is 21.7 Å². The molecule has 2 aromatic rings. The van der Waals surface area contributed by atoms with Gasteiger partial charge < -0.3 is 4.74 Å². The second kappa shape index (κ2) is 5.80. The van der Waals surface area contributed by atoms with Gasteiger partial charge in [-0.05, 0) is 36.6 Å². The molecule has 2 aromatic carbocycles. The summed E-state index contributed by atoms with van der Waals surface area (Å²) in [6.45, 7) is 0.570. The molecule has 3 rings (SSSR count). The molecule has 102 valence electrons. The lowest BCUT2D eigenvalue weighted by Gasteiger charge is -2.10. The second-order valence-electron chi connectivity index (χ2n) is 5.02. The van der Waals surface area contributed by atoms with Crippen LogP contribution in [0.1, 0.15) is 22.3 Å². The Bertz CT molecular complexity index is 636. The Balaban J connectivity index is 1.57. The number of fused-ring (bicyclic) bond motifs is 1. The van der Waals surface area contributed by atoms with E-state index in [-0.39, 0.29) is 11.7 Å². The second-order valence-corrected chi connectivity index (χ2v) is 5.93. The van der Waals surface area contributed by atoms with Crippen molar-refractivity contribution < 1.29 is 9.53 Å². The number of ether oxygens (including phenoxy) is 1. The van der Waals surface area contributed by atoms with Crippen molar-refractivity contribution in [3.05, 3.63) is 64.1 Å². The highest BCUT2D eigenvalue weighted by molar-refractivity contribution is 9.10. The summed E-state index contributed by atoms with van der Waals surface area (Å²) in [5.74, 6) is 1.17. The van der Waals surface area contributed by atoms with Crippen LogP contribution in [-0.2, 0) is 6.42 Å². The summed E-state index contributed by atoms with van der Waals surface area (Å²) < 4.78 is 6.71. The fourth-order valence-electron chi connectivity index (χ4n) is 2.63. The monoisotopic (exact) mass is 330 g/mol. The zero-order valence-corrected chi connectivity index (χ0v) is 12.6. The van der Waals surface area contributed by atoms with Crippen LogP contribution in [0.15, 0.2) is 53.0 Å². The average Bonchev–Trinajstić information content (AvgIpc) is 2.76. The Morgan fingerprint density at radius 3 is 2.80 bits per heavy atom. The lowest BCUT2D eigenvalue weighted by molar-refractivity contribution is 0.0918. The zero-order chi connectivity index (χ0) is 13.9. The first-order chi connectivity index (χ1) is 9.74. The van der Waals surface area contributed by atoms with E-state index >= 15 is 0 Å². The molecule has 20 heavy (non-hydrogen) atoms. The lowest BCUT2D eigenvalue weighted by atomic mass is 10.0. The SMILES string of the molecule is O=C1c2ccccc2CC1CCOc1cccc(Br)c1. The Morgan fingerprint density at radius 2 is 2.00 bits per heavy atom. The Hall–Kier alpha value is -1.61. The van der Waals surface area contributed by atoms with Gasteiger partial charge in [0.2, 0.25) is 0 Å². The van der Waals surface area contributed by atoms with Crippen molar-refractivity contribution in [3.63, 3.8) is 0 Å². The van der Waals surface area contributed by atoms with E-state index in [4.69, 9.17) is 4.74 Å². The van der Waals surface area contributed by atoms with Gasteiger partial charge in [0.05, 0.1) is 6.61 Å².